The number of anilines is 1. The summed E-state index contributed by atoms with van der Waals surface area (Å²) in [5.41, 5.74) is 1.42. The Morgan fingerprint density at radius 2 is 2.22 bits per heavy atom. The summed E-state index contributed by atoms with van der Waals surface area (Å²) in [6, 6.07) is 4.53. The number of nitrogens with zero attached hydrogens (tertiary/aromatic N) is 3. The first kappa shape index (κ1) is 19.3. The van der Waals surface area contributed by atoms with Crippen LogP contribution in [-0.4, -0.2) is 52.5 Å². The molecule has 0 spiro atoms. The van der Waals surface area contributed by atoms with Gasteiger partial charge in [-0.05, 0) is 42.7 Å². The number of aliphatic hydroxyl groups is 1. The molecule has 0 aliphatic carbocycles. The third-order valence-electron chi connectivity index (χ3n) is 4.77. The van der Waals surface area contributed by atoms with Crippen molar-refractivity contribution in [3.63, 3.8) is 0 Å². The monoisotopic (exact) mass is 394 g/mol. The number of aliphatic hydroxyl groups excluding tert-OH is 1. The SMILES string of the molecule is C[NH2+]/C=N\N(N)c1cc(Cl)cc(C2=C(C(=O)O)N3C(=O)C([C@@H](C)O)C3C2)c1. The number of carboxylic acids is 1. The number of carbonyl (C=O) groups is 2. The molecule has 3 atom stereocenters. The maximum absolute atomic E-state index is 12.3. The van der Waals surface area contributed by atoms with Crippen LogP contribution < -0.4 is 16.3 Å². The van der Waals surface area contributed by atoms with Crippen LogP contribution in [0.25, 0.3) is 5.57 Å². The van der Waals surface area contributed by atoms with E-state index in [0.717, 1.165) is 5.12 Å². The van der Waals surface area contributed by atoms with Gasteiger partial charge in [-0.1, -0.05) is 11.6 Å². The summed E-state index contributed by atoms with van der Waals surface area (Å²) in [5, 5.41) is 26.7. The quantitative estimate of drug-likeness (QED) is 0.170. The van der Waals surface area contributed by atoms with Gasteiger partial charge in [0.1, 0.15) is 5.70 Å². The maximum atomic E-state index is 12.3. The Bertz CT molecular complexity index is 854. The molecule has 0 saturated carbocycles. The highest BCUT2D eigenvalue weighted by Crippen LogP contribution is 2.47. The van der Waals surface area contributed by atoms with Gasteiger partial charge in [-0.2, -0.15) is 5.12 Å². The molecule has 6 N–H and O–H groups in total. The van der Waals surface area contributed by atoms with Crippen LogP contribution in [0.3, 0.4) is 0 Å². The van der Waals surface area contributed by atoms with E-state index in [1.807, 2.05) is 0 Å². The highest BCUT2D eigenvalue weighted by atomic mass is 35.5. The molecule has 0 radical (unpaired) electrons. The third kappa shape index (κ3) is 3.30. The standard InChI is InChI=1S/C17H20ClN5O4/c1-8(24)14-13-6-12(15(17(26)27)22(13)16(14)25)9-3-10(18)5-11(4-9)23(19)21-7-20-2/h3-5,7-8,13-14,24H,6,19H2,1-2H3,(H,20,21)(H,26,27)/p+1/t8-,13?,14?/m1/s1. The summed E-state index contributed by atoms with van der Waals surface area (Å²) >= 11 is 6.20. The molecule has 2 aliphatic heterocycles. The van der Waals surface area contributed by atoms with Crippen molar-refractivity contribution < 1.29 is 25.1 Å². The number of fused-ring (bicyclic) bond motifs is 1. The van der Waals surface area contributed by atoms with Crippen molar-refractivity contribution in [2.75, 3.05) is 12.2 Å². The van der Waals surface area contributed by atoms with Gasteiger partial charge in [0.2, 0.25) is 12.2 Å². The minimum absolute atomic E-state index is 0.0796. The molecule has 1 saturated heterocycles. The van der Waals surface area contributed by atoms with Crippen LogP contribution in [0.5, 0.6) is 0 Å². The number of quaternary nitrogens is 1. The van der Waals surface area contributed by atoms with E-state index in [4.69, 9.17) is 17.4 Å². The molecule has 0 bridgehead atoms. The predicted octanol–water partition coefficient (Wildman–Crippen LogP) is -0.436. The third-order valence-corrected chi connectivity index (χ3v) is 4.98. The number of aliphatic carboxylic acids is 1. The van der Waals surface area contributed by atoms with Crippen molar-refractivity contribution in [2.24, 2.45) is 16.9 Å². The number of hydrogen-bond acceptors (Lipinski definition) is 6. The summed E-state index contributed by atoms with van der Waals surface area (Å²) in [6.45, 7) is 1.53. The minimum Gasteiger partial charge on any atom is -0.477 e. The number of hydrogen-bond donors (Lipinski definition) is 4. The zero-order valence-electron chi connectivity index (χ0n) is 14.8. The molecule has 10 heteroatoms. The van der Waals surface area contributed by atoms with Gasteiger partial charge in [-0.15, -0.1) is 5.10 Å². The summed E-state index contributed by atoms with van der Waals surface area (Å²) in [5.74, 6) is 3.70. The number of hydrazone groups is 1. The van der Waals surface area contributed by atoms with E-state index in [0.29, 0.717) is 28.3 Å². The van der Waals surface area contributed by atoms with Gasteiger partial charge in [0.25, 0.3) is 0 Å². The fourth-order valence-electron chi connectivity index (χ4n) is 3.61. The van der Waals surface area contributed by atoms with Crippen LogP contribution >= 0.6 is 11.6 Å². The molecule has 2 heterocycles. The summed E-state index contributed by atoms with van der Waals surface area (Å²) in [6.07, 6.45) is 0.983. The summed E-state index contributed by atoms with van der Waals surface area (Å²) in [7, 11) is 1.79. The zero-order valence-corrected chi connectivity index (χ0v) is 15.6. The van der Waals surface area contributed by atoms with Crippen LogP contribution in [-0.2, 0) is 9.59 Å². The average Bonchev–Trinajstić information content (AvgIpc) is 2.94. The molecule has 2 aliphatic rings. The first-order valence-corrected chi connectivity index (χ1v) is 8.79. The number of carbonyl (C=O) groups excluding carboxylic acids is 1. The van der Waals surface area contributed by atoms with Crippen molar-refractivity contribution in [1.82, 2.24) is 4.90 Å². The Labute approximate surface area is 160 Å². The Kier molecular flexibility index (Phi) is 5.20. The van der Waals surface area contributed by atoms with E-state index in [1.54, 1.807) is 30.6 Å². The van der Waals surface area contributed by atoms with E-state index in [-0.39, 0.29) is 17.6 Å². The lowest BCUT2D eigenvalue weighted by molar-refractivity contribution is -0.496. The first-order valence-electron chi connectivity index (χ1n) is 8.41. The second kappa shape index (κ2) is 7.28. The number of carboxylic acid groups (broad SMARTS) is 1. The predicted molar refractivity (Wildman–Crippen MR) is 99.4 cm³/mol. The normalized spacial score (nSPS) is 22.9. The number of β-lactam (4-membered cyclic amide) rings is 1. The van der Waals surface area contributed by atoms with E-state index >= 15 is 0 Å². The second-order valence-corrected chi connectivity index (χ2v) is 6.96. The molecular weight excluding hydrogens is 374 g/mol. The van der Waals surface area contributed by atoms with Gasteiger partial charge in [0, 0.05) is 5.02 Å². The van der Waals surface area contributed by atoms with Crippen molar-refractivity contribution in [3.8, 4) is 0 Å². The molecule has 1 aromatic rings. The lowest BCUT2D eigenvalue weighted by atomic mass is 9.82. The lowest BCUT2D eigenvalue weighted by Crippen LogP contribution is -2.78. The minimum atomic E-state index is -1.20. The van der Waals surface area contributed by atoms with Crippen molar-refractivity contribution in [1.29, 1.82) is 0 Å². The van der Waals surface area contributed by atoms with Crippen LogP contribution in [0.1, 0.15) is 18.9 Å². The molecule has 144 valence electrons. The fourth-order valence-corrected chi connectivity index (χ4v) is 3.84. The van der Waals surface area contributed by atoms with Crippen LogP contribution in [0, 0.1) is 5.92 Å². The number of benzene rings is 1. The van der Waals surface area contributed by atoms with Gasteiger partial charge in [-0.3, -0.25) is 4.79 Å². The van der Waals surface area contributed by atoms with E-state index in [1.165, 1.54) is 18.2 Å². The van der Waals surface area contributed by atoms with Gasteiger partial charge in [-0.25, -0.2) is 10.6 Å². The van der Waals surface area contributed by atoms with Crippen molar-refractivity contribution >= 4 is 41.1 Å². The topological polar surface area (TPSA) is 136 Å². The van der Waals surface area contributed by atoms with Crippen LogP contribution in [0.2, 0.25) is 5.02 Å². The van der Waals surface area contributed by atoms with Crippen LogP contribution in [0.15, 0.2) is 29.0 Å². The molecule has 9 nitrogen and oxygen atoms in total. The summed E-state index contributed by atoms with van der Waals surface area (Å²) < 4.78 is 0. The maximum Gasteiger partial charge on any atom is 0.352 e. The molecule has 27 heavy (non-hydrogen) atoms. The van der Waals surface area contributed by atoms with Crippen molar-refractivity contribution in [2.45, 2.75) is 25.5 Å². The van der Waals surface area contributed by atoms with Gasteiger partial charge >= 0.3 is 5.97 Å². The molecular formula is C17H21ClN5O4+. The molecule has 0 aromatic heterocycles. The number of hydrazine groups is 1. The molecule has 3 rings (SSSR count). The lowest BCUT2D eigenvalue weighted by Gasteiger charge is -2.44. The number of amides is 1. The van der Waals surface area contributed by atoms with Gasteiger partial charge in [0.05, 0.1) is 30.8 Å². The highest BCUT2D eigenvalue weighted by molar-refractivity contribution is 6.31. The second-order valence-electron chi connectivity index (χ2n) is 6.52. The first-order chi connectivity index (χ1) is 12.8. The molecule has 1 amide bonds. The molecule has 1 aromatic carbocycles. The highest BCUT2D eigenvalue weighted by Gasteiger charge is 2.56. The Morgan fingerprint density at radius 3 is 2.81 bits per heavy atom. The van der Waals surface area contributed by atoms with Gasteiger partial charge in [0.15, 0.2) is 0 Å². The molecule has 2 unspecified atom stereocenters. The number of nitrogens with two attached hydrogens (primary N) is 2. The average molecular weight is 395 g/mol. The zero-order chi connectivity index (χ0) is 19.9. The largest absolute Gasteiger partial charge is 0.477 e. The van der Waals surface area contributed by atoms with Crippen molar-refractivity contribution in [3.05, 3.63) is 34.5 Å². The number of halogens is 1. The number of rotatable bonds is 6. The smallest absolute Gasteiger partial charge is 0.352 e. The molecule has 1 fully saturated rings. The summed E-state index contributed by atoms with van der Waals surface area (Å²) in [4.78, 5) is 25.4. The van der Waals surface area contributed by atoms with E-state index < -0.39 is 18.0 Å². The Hall–Kier alpha value is -2.46. The van der Waals surface area contributed by atoms with E-state index in [2.05, 4.69) is 5.10 Å². The Balaban J connectivity index is 2.03. The van der Waals surface area contributed by atoms with Gasteiger partial charge < -0.3 is 20.4 Å². The van der Waals surface area contributed by atoms with E-state index in [9.17, 15) is 19.8 Å². The van der Waals surface area contributed by atoms with Crippen LogP contribution in [0.4, 0.5) is 5.69 Å². The fraction of sp³-hybridized carbons (Fsp3) is 0.353. The Morgan fingerprint density at radius 1 is 1.52 bits per heavy atom.